The Kier molecular flexibility index (Phi) is 3.95. The Morgan fingerprint density at radius 1 is 1.18 bits per heavy atom. The Balaban J connectivity index is 1.53. The van der Waals surface area contributed by atoms with Gasteiger partial charge in [-0.1, -0.05) is 12.1 Å². The monoisotopic (exact) mass is 300 g/mol. The van der Waals surface area contributed by atoms with E-state index in [2.05, 4.69) is 20.7 Å². The van der Waals surface area contributed by atoms with Crippen LogP contribution >= 0.6 is 0 Å². The summed E-state index contributed by atoms with van der Waals surface area (Å²) in [6, 6.07) is 11.2. The number of nitrogens with zero attached hydrogens (tertiary/aromatic N) is 2. The van der Waals surface area contributed by atoms with E-state index < -0.39 is 5.82 Å². The number of fused-ring (bicyclic) bond motifs is 1. The predicted octanol–water partition coefficient (Wildman–Crippen LogP) is 1.91. The number of aromatic nitrogens is 3. The number of benzene rings is 2. The molecule has 3 rings (SSSR count). The molecule has 22 heavy (non-hydrogen) atoms. The van der Waals surface area contributed by atoms with Gasteiger partial charge in [0.15, 0.2) is 11.6 Å². The summed E-state index contributed by atoms with van der Waals surface area (Å²) < 4.78 is 18.6. The summed E-state index contributed by atoms with van der Waals surface area (Å²) in [7, 11) is 0. The molecule has 1 heterocycles. The zero-order chi connectivity index (χ0) is 15.4. The largest absolute Gasteiger partial charge is 0.489 e. The predicted molar refractivity (Wildman–Crippen MR) is 78.1 cm³/mol. The summed E-state index contributed by atoms with van der Waals surface area (Å²) in [6.45, 7) is 0.447. The maximum atomic E-state index is 13.3. The molecule has 0 saturated heterocycles. The molecule has 1 aromatic heterocycles. The van der Waals surface area contributed by atoms with Gasteiger partial charge in [-0.05, 0) is 30.3 Å². The van der Waals surface area contributed by atoms with E-state index in [-0.39, 0.29) is 24.8 Å². The van der Waals surface area contributed by atoms with Crippen LogP contribution in [0.3, 0.4) is 0 Å². The van der Waals surface area contributed by atoms with E-state index in [0.717, 1.165) is 0 Å². The SMILES string of the molecule is O=C(NCCOc1ccccc1F)c1ccc2n[nH]nc2c1. The van der Waals surface area contributed by atoms with E-state index >= 15 is 0 Å². The second-order valence-corrected chi connectivity index (χ2v) is 4.56. The van der Waals surface area contributed by atoms with Crippen LogP contribution in [-0.2, 0) is 0 Å². The summed E-state index contributed by atoms with van der Waals surface area (Å²) in [5, 5.41) is 13.0. The van der Waals surface area contributed by atoms with Crippen LogP contribution in [0.25, 0.3) is 11.0 Å². The summed E-state index contributed by atoms with van der Waals surface area (Å²) in [5.74, 6) is -0.506. The third kappa shape index (κ3) is 3.03. The number of carbonyl (C=O) groups is 1. The number of para-hydroxylation sites is 1. The highest BCUT2D eigenvalue weighted by molar-refractivity contribution is 5.97. The van der Waals surface area contributed by atoms with Crippen LogP contribution in [0.2, 0.25) is 0 Å². The molecular weight excluding hydrogens is 287 g/mol. The second-order valence-electron chi connectivity index (χ2n) is 4.56. The Morgan fingerprint density at radius 3 is 2.86 bits per heavy atom. The third-order valence-electron chi connectivity index (χ3n) is 3.06. The number of ether oxygens (including phenoxy) is 1. The average Bonchev–Trinajstić information content (AvgIpc) is 3.00. The normalized spacial score (nSPS) is 10.6. The van der Waals surface area contributed by atoms with Crippen LogP contribution in [0.5, 0.6) is 5.75 Å². The van der Waals surface area contributed by atoms with Gasteiger partial charge in [0.2, 0.25) is 0 Å². The van der Waals surface area contributed by atoms with E-state index in [4.69, 9.17) is 4.74 Å². The summed E-state index contributed by atoms with van der Waals surface area (Å²) in [4.78, 5) is 12.0. The lowest BCUT2D eigenvalue weighted by Gasteiger charge is -2.08. The van der Waals surface area contributed by atoms with Gasteiger partial charge in [-0.2, -0.15) is 15.4 Å². The summed E-state index contributed by atoms with van der Waals surface area (Å²) in [6.07, 6.45) is 0. The van der Waals surface area contributed by atoms with E-state index in [1.807, 2.05) is 0 Å². The van der Waals surface area contributed by atoms with Crippen molar-refractivity contribution in [2.45, 2.75) is 0 Å². The molecule has 7 heteroatoms. The molecule has 0 bridgehead atoms. The van der Waals surface area contributed by atoms with Gasteiger partial charge in [0.1, 0.15) is 17.6 Å². The van der Waals surface area contributed by atoms with Crippen LogP contribution in [0.4, 0.5) is 4.39 Å². The number of amides is 1. The number of halogens is 1. The van der Waals surface area contributed by atoms with Crippen molar-refractivity contribution >= 4 is 16.9 Å². The number of aromatic amines is 1. The van der Waals surface area contributed by atoms with Crippen molar-refractivity contribution in [1.29, 1.82) is 0 Å². The first-order chi connectivity index (χ1) is 10.7. The van der Waals surface area contributed by atoms with Gasteiger partial charge in [-0.15, -0.1) is 0 Å². The van der Waals surface area contributed by atoms with Gasteiger partial charge in [-0.3, -0.25) is 4.79 Å². The summed E-state index contributed by atoms with van der Waals surface area (Å²) >= 11 is 0. The highest BCUT2D eigenvalue weighted by Crippen LogP contribution is 2.15. The van der Waals surface area contributed by atoms with Crippen LogP contribution in [0, 0.1) is 5.82 Å². The van der Waals surface area contributed by atoms with E-state index in [1.165, 1.54) is 12.1 Å². The van der Waals surface area contributed by atoms with Crippen LogP contribution in [0.1, 0.15) is 10.4 Å². The van der Waals surface area contributed by atoms with Crippen molar-refractivity contribution < 1.29 is 13.9 Å². The average molecular weight is 300 g/mol. The molecule has 3 aromatic rings. The molecule has 0 aliphatic heterocycles. The fourth-order valence-electron chi connectivity index (χ4n) is 1.97. The molecule has 0 aliphatic rings. The molecule has 0 unspecified atom stereocenters. The Bertz CT molecular complexity index is 803. The first kappa shape index (κ1) is 14.0. The molecule has 1 amide bonds. The Hall–Kier alpha value is -2.96. The van der Waals surface area contributed by atoms with Gasteiger partial charge < -0.3 is 10.1 Å². The smallest absolute Gasteiger partial charge is 0.251 e. The molecule has 0 saturated carbocycles. The summed E-state index contributed by atoms with van der Waals surface area (Å²) in [5.41, 5.74) is 1.79. The maximum absolute atomic E-state index is 13.3. The van der Waals surface area contributed by atoms with Crippen LogP contribution in [0.15, 0.2) is 42.5 Å². The number of H-pyrrole nitrogens is 1. The maximum Gasteiger partial charge on any atom is 0.251 e. The molecule has 0 spiro atoms. The Labute approximate surface area is 125 Å². The van der Waals surface area contributed by atoms with E-state index in [1.54, 1.807) is 30.3 Å². The van der Waals surface area contributed by atoms with Crippen molar-refractivity contribution in [2.75, 3.05) is 13.2 Å². The molecule has 112 valence electrons. The van der Waals surface area contributed by atoms with Crippen LogP contribution < -0.4 is 10.1 Å². The topological polar surface area (TPSA) is 79.9 Å². The quantitative estimate of drug-likeness (QED) is 0.705. The number of carbonyl (C=O) groups excluding carboxylic acids is 1. The minimum Gasteiger partial charge on any atom is -0.489 e. The zero-order valence-corrected chi connectivity index (χ0v) is 11.5. The lowest BCUT2D eigenvalue weighted by Crippen LogP contribution is -2.28. The highest BCUT2D eigenvalue weighted by Gasteiger charge is 2.08. The van der Waals surface area contributed by atoms with Gasteiger partial charge in [-0.25, -0.2) is 4.39 Å². The fourth-order valence-corrected chi connectivity index (χ4v) is 1.97. The number of nitrogens with one attached hydrogen (secondary N) is 2. The van der Waals surface area contributed by atoms with Crippen LogP contribution in [-0.4, -0.2) is 34.5 Å². The van der Waals surface area contributed by atoms with Gasteiger partial charge >= 0.3 is 0 Å². The molecule has 0 fully saturated rings. The number of rotatable bonds is 5. The van der Waals surface area contributed by atoms with Gasteiger partial charge in [0.25, 0.3) is 5.91 Å². The van der Waals surface area contributed by atoms with E-state index in [9.17, 15) is 9.18 Å². The van der Waals surface area contributed by atoms with Gasteiger partial charge in [0, 0.05) is 5.56 Å². The van der Waals surface area contributed by atoms with Gasteiger partial charge in [0.05, 0.1) is 6.54 Å². The van der Waals surface area contributed by atoms with E-state index in [0.29, 0.717) is 16.6 Å². The lowest BCUT2D eigenvalue weighted by atomic mass is 10.2. The Morgan fingerprint density at radius 2 is 2.00 bits per heavy atom. The minimum atomic E-state index is -0.426. The molecule has 0 radical (unpaired) electrons. The molecule has 2 aromatic carbocycles. The fraction of sp³-hybridized carbons (Fsp3) is 0.133. The zero-order valence-electron chi connectivity index (χ0n) is 11.5. The molecular formula is C15H13FN4O2. The molecule has 0 aliphatic carbocycles. The van der Waals surface area contributed by atoms with Crippen molar-refractivity contribution in [1.82, 2.24) is 20.7 Å². The molecule has 2 N–H and O–H groups in total. The highest BCUT2D eigenvalue weighted by atomic mass is 19.1. The molecule has 0 atom stereocenters. The molecule has 6 nitrogen and oxygen atoms in total. The number of hydrogen-bond donors (Lipinski definition) is 2. The first-order valence-corrected chi connectivity index (χ1v) is 6.70. The number of hydrogen-bond acceptors (Lipinski definition) is 4. The lowest BCUT2D eigenvalue weighted by molar-refractivity contribution is 0.0947. The van der Waals surface area contributed by atoms with Crippen molar-refractivity contribution in [3.05, 3.63) is 53.8 Å². The third-order valence-corrected chi connectivity index (χ3v) is 3.06. The second kappa shape index (κ2) is 6.21. The van der Waals surface area contributed by atoms with Crippen molar-refractivity contribution in [2.24, 2.45) is 0 Å². The first-order valence-electron chi connectivity index (χ1n) is 6.70. The van der Waals surface area contributed by atoms with Crippen molar-refractivity contribution in [3.8, 4) is 5.75 Å². The van der Waals surface area contributed by atoms with Crippen molar-refractivity contribution in [3.63, 3.8) is 0 Å². The minimum absolute atomic E-state index is 0.167. The standard InChI is InChI=1S/C15H13FN4O2/c16-11-3-1-2-4-14(11)22-8-7-17-15(21)10-5-6-12-13(9-10)19-20-18-12/h1-6,9H,7-8H2,(H,17,21)(H,18,19,20).